The van der Waals surface area contributed by atoms with Crippen LogP contribution < -0.4 is 0 Å². The number of hydrogen-bond acceptors (Lipinski definition) is 1. The van der Waals surface area contributed by atoms with Gasteiger partial charge in [0, 0.05) is 0 Å². The van der Waals surface area contributed by atoms with Crippen LogP contribution in [0.3, 0.4) is 0 Å². The molecule has 0 spiro atoms. The Balaban J connectivity index is 2.88. The quantitative estimate of drug-likeness (QED) is 0.732. The Kier molecular flexibility index (Phi) is 3.44. The Labute approximate surface area is 74.9 Å². The maximum atomic E-state index is 10.8. The van der Waals surface area contributed by atoms with Crippen molar-refractivity contribution in [2.24, 2.45) is 0 Å². The van der Waals surface area contributed by atoms with E-state index in [0.717, 1.165) is 5.56 Å². The molecule has 2 unspecified atom stereocenters. The molecule has 12 heavy (non-hydrogen) atoms. The van der Waals surface area contributed by atoms with E-state index in [1.54, 1.807) is 0 Å². The van der Waals surface area contributed by atoms with Gasteiger partial charge in [0.15, 0.2) is 11.1 Å². The third kappa shape index (κ3) is 2.16. The van der Waals surface area contributed by atoms with E-state index in [9.17, 15) is 4.21 Å². The molecule has 0 aliphatic carbocycles. The first-order valence-corrected chi connectivity index (χ1v) is 5.07. The van der Waals surface area contributed by atoms with Crippen molar-refractivity contribution in [2.75, 3.05) is 0 Å². The molecule has 0 aromatic heterocycles. The SMILES string of the molecule is CCC(c1ccccc1)S(=O)O. The van der Waals surface area contributed by atoms with Crippen molar-refractivity contribution in [1.29, 1.82) is 0 Å². The molecule has 1 N–H and O–H groups in total. The standard InChI is InChI=1S/C9H12O2S/c1-2-9(12(10)11)8-6-4-3-5-7-8/h3-7,9H,2H2,1H3,(H,10,11). The van der Waals surface area contributed by atoms with E-state index in [1.807, 2.05) is 37.3 Å². The fourth-order valence-electron chi connectivity index (χ4n) is 1.16. The summed E-state index contributed by atoms with van der Waals surface area (Å²) in [5.41, 5.74) is 0.931. The fourth-order valence-corrected chi connectivity index (χ4v) is 1.84. The molecule has 1 aromatic rings. The lowest BCUT2D eigenvalue weighted by Crippen LogP contribution is -2.03. The Morgan fingerprint density at radius 1 is 1.42 bits per heavy atom. The first-order chi connectivity index (χ1) is 5.75. The Hall–Kier alpha value is -0.670. The van der Waals surface area contributed by atoms with Gasteiger partial charge in [-0.15, -0.1) is 0 Å². The topological polar surface area (TPSA) is 37.3 Å². The lowest BCUT2D eigenvalue weighted by molar-refractivity contribution is 0.547. The minimum Gasteiger partial charge on any atom is -0.306 e. The Morgan fingerprint density at radius 2 is 2.00 bits per heavy atom. The molecular formula is C9H12O2S. The zero-order valence-corrected chi connectivity index (χ0v) is 7.75. The third-order valence-electron chi connectivity index (χ3n) is 1.79. The first kappa shape index (κ1) is 9.42. The molecule has 1 rings (SSSR count). The molecule has 0 amide bonds. The normalized spacial score (nSPS) is 15.5. The van der Waals surface area contributed by atoms with E-state index in [2.05, 4.69) is 0 Å². The van der Waals surface area contributed by atoms with Gasteiger partial charge in [0.05, 0.1) is 5.25 Å². The lowest BCUT2D eigenvalue weighted by atomic mass is 10.1. The van der Waals surface area contributed by atoms with Crippen molar-refractivity contribution >= 4 is 11.1 Å². The van der Waals surface area contributed by atoms with Crippen LogP contribution in [0.5, 0.6) is 0 Å². The van der Waals surface area contributed by atoms with E-state index >= 15 is 0 Å². The summed E-state index contributed by atoms with van der Waals surface area (Å²) in [6, 6.07) is 9.41. The minimum atomic E-state index is -1.75. The molecule has 1 aromatic carbocycles. The molecule has 2 atom stereocenters. The van der Waals surface area contributed by atoms with Crippen molar-refractivity contribution in [3.05, 3.63) is 35.9 Å². The van der Waals surface area contributed by atoms with Crippen molar-refractivity contribution in [1.82, 2.24) is 0 Å². The molecule has 0 saturated carbocycles. The molecular weight excluding hydrogens is 172 g/mol. The minimum absolute atomic E-state index is 0.244. The van der Waals surface area contributed by atoms with Crippen molar-refractivity contribution in [3.63, 3.8) is 0 Å². The number of rotatable bonds is 3. The smallest absolute Gasteiger partial charge is 0.160 e. The van der Waals surface area contributed by atoms with Crippen LogP contribution in [0.25, 0.3) is 0 Å². The van der Waals surface area contributed by atoms with Gasteiger partial charge in [-0.25, -0.2) is 4.21 Å². The molecule has 3 heteroatoms. The van der Waals surface area contributed by atoms with E-state index < -0.39 is 11.1 Å². The van der Waals surface area contributed by atoms with Gasteiger partial charge in [-0.3, -0.25) is 0 Å². The molecule has 0 radical (unpaired) electrons. The van der Waals surface area contributed by atoms with Crippen LogP contribution in [0.1, 0.15) is 24.2 Å². The highest BCUT2D eigenvalue weighted by molar-refractivity contribution is 7.79. The van der Waals surface area contributed by atoms with Crippen molar-refractivity contribution < 1.29 is 8.76 Å². The van der Waals surface area contributed by atoms with Gasteiger partial charge in [0.2, 0.25) is 0 Å². The van der Waals surface area contributed by atoms with Crippen LogP contribution in [-0.4, -0.2) is 8.76 Å². The van der Waals surface area contributed by atoms with Gasteiger partial charge in [-0.2, -0.15) is 0 Å². The average molecular weight is 184 g/mol. The van der Waals surface area contributed by atoms with Crippen LogP contribution in [0, 0.1) is 0 Å². The van der Waals surface area contributed by atoms with Gasteiger partial charge in [-0.1, -0.05) is 37.3 Å². The van der Waals surface area contributed by atoms with E-state index in [0.29, 0.717) is 6.42 Å². The van der Waals surface area contributed by atoms with Crippen molar-refractivity contribution in [2.45, 2.75) is 18.6 Å². The third-order valence-corrected chi connectivity index (χ3v) is 2.88. The van der Waals surface area contributed by atoms with Crippen LogP contribution in [0.15, 0.2) is 30.3 Å². The summed E-state index contributed by atoms with van der Waals surface area (Å²) in [5, 5.41) is -0.244. The summed E-state index contributed by atoms with van der Waals surface area (Å²) < 4.78 is 19.8. The zero-order valence-electron chi connectivity index (χ0n) is 6.93. The maximum absolute atomic E-state index is 10.8. The molecule has 0 heterocycles. The van der Waals surface area contributed by atoms with E-state index in [1.165, 1.54) is 0 Å². The summed E-state index contributed by atoms with van der Waals surface area (Å²) in [5.74, 6) is 0. The summed E-state index contributed by atoms with van der Waals surface area (Å²) in [4.78, 5) is 0. The predicted molar refractivity (Wildman–Crippen MR) is 50.2 cm³/mol. The first-order valence-electron chi connectivity index (χ1n) is 3.90. The second-order valence-electron chi connectivity index (χ2n) is 2.58. The molecule has 0 aliphatic heterocycles. The highest BCUT2D eigenvalue weighted by Crippen LogP contribution is 2.21. The van der Waals surface area contributed by atoms with Crippen LogP contribution in [0.4, 0.5) is 0 Å². The van der Waals surface area contributed by atoms with Gasteiger partial charge < -0.3 is 4.55 Å². The molecule has 66 valence electrons. The fraction of sp³-hybridized carbons (Fsp3) is 0.333. The summed E-state index contributed by atoms with van der Waals surface area (Å²) in [7, 11) is 0. The molecule has 0 aliphatic rings. The number of benzene rings is 1. The van der Waals surface area contributed by atoms with Crippen molar-refractivity contribution in [3.8, 4) is 0 Å². The average Bonchev–Trinajstić information content (AvgIpc) is 2.07. The zero-order chi connectivity index (χ0) is 8.97. The second kappa shape index (κ2) is 4.38. The Bertz CT molecular complexity index is 258. The van der Waals surface area contributed by atoms with Crippen LogP contribution >= 0.6 is 0 Å². The van der Waals surface area contributed by atoms with E-state index in [4.69, 9.17) is 4.55 Å². The summed E-state index contributed by atoms with van der Waals surface area (Å²) >= 11 is -1.75. The highest BCUT2D eigenvalue weighted by Gasteiger charge is 2.13. The lowest BCUT2D eigenvalue weighted by Gasteiger charge is -2.09. The van der Waals surface area contributed by atoms with Crippen LogP contribution in [-0.2, 0) is 11.1 Å². The molecule has 0 saturated heterocycles. The van der Waals surface area contributed by atoms with Gasteiger partial charge in [0.25, 0.3) is 0 Å². The molecule has 0 fully saturated rings. The molecule has 2 nitrogen and oxygen atoms in total. The van der Waals surface area contributed by atoms with Crippen LogP contribution in [0.2, 0.25) is 0 Å². The summed E-state index contributed by atoms with van der Waals surface area (Å²) in [6.07, 6.45) is 0.688. The monoisotopic (exact) mass is 184 g/mol. The Morgan fingerprint density at radius 3 is 2.42 bits per heavy atom. The van der Waals surface area contributed by atoms with Gasteiger partial charge in [-0.05, 0) is 12.0 Å². The predicted octanol–water partition coefficient (Wildman–Crippen LogP) is 2.36. The number of hydrogen-bond donors (Lipinski definition) is 1. The largest absolute Gasteiger partial charge is 0.306 e. The van der Waals surface area contributed by atoms with Gasteiger partial charge in [0.1, 0.15) is 0 Å². The van der Waals surface area contributed by atoms with E-state index in [-0.39, 0.29) is 5.25 Å². The second-order valence-corrected chi connectivity index (χ2v) is 3.71. The maximum Gasteiger partial charge on any atom is 0.160 e. The van der Waals surface area contributed by atoms with Gasteiger partial charge >= 0.3 is 0 Å². The highest BCUT2D eigenvalue weighted by atomic mass is 32.2. The summed E-state index contributed by atoms with van der Waals surface area (Å²) in [6.45, 7) is 1.91. The molecule has 0 bridgehead atoms.